The van der Waals surface area contributed by atoms with E-state index < -0.39 is 0 Å². The molecule has 0 amide bonds. The maximum absolute atomic E-state index is 3.34. The minimum Gasteiger partial charge on any atom is -0.384 e. The minimum atomic E-state index is 1.08. The molecule has 1 rings (SSSR count). The Bertz CT molecular complexity index is 137. The van der Waals surface area contributed by atoms with Crippen LogP contribution in [-0.4, -0.2) is 56.6 Å². The SMILES string of the molecule is CN(C)C=CCN1CCNCC1. The predicted octanol–water partition coefficient (Wildman–Crippen LogP) is -0.0331. The maximum atomic E-state index is 3.34. The van der Waals surface area contributed by atoms with Crippen LogP contribution in [0.3, 0.4) is 0 Å². The molecule has 0 aromatic carbocycles. The standard InChI is InChI=1S/C9H19N3/c1-11(2)6-3-7-12-8-4-10-5-9-12/h3,6,10H,4-5,7-9H2,1-2H3. The Morgan fingerprint density at radius 2 is 2.00 bits per heavy atom. The molecule has 0 bridgehead atoms. The van der Waals surface area contributed by atoms with Crippen molar-refractivity contribution in [1.29, 1.82) is 0 Å². The molecule has 1 N–H and O–H groups in total. The average Bonchev–Trinajstić information content (AvgIpc) is 2.05. The van der Waals surface area contributed by atoms with E-state index in [9.17, 15) is 0 Å². The summed E-state index contributed by atoms with van der Waals surface area (Å²) < 4.78 is 0. The van der Waals surface area contributed by atoms with Crippen LogP contribution >= 0.6 is 0 Å². The molecule has 3 nitrogen and oxygen atoms in total. The molecule has 0 atom stereocenters. The van der Waals surface area contributed by atoms with Crippen LogP contribution in [0, 0.1) is 0 Å². The summed E-state index contributed by atoms with van der Waals surface area (Å²) in [4.78, 5) is 4.53. The van der Waals surface area contributed by atoms with Gasteiger partial charge in [0, 0.05) is 46.8 Å². The molecule has 0 saturated carbocycles. The molecule has 0 unspecified atom stereocenters. The van der Waals surface area contributed by atoms with Crippen molar-refractivity contribution in [2.45, 2.75) is 0 Å². The van der Waals surface area contributed by atoms with E-state index in [2.05, 4.69) is 27.4 Å². The zero-order valence-electron chi connectivity index (χ0n) is 8.08. The van der Waals surface area contributed by atoms with Gasteiger partial charge in [0.2, 0.25) is 0 Å². The second-order valence-corrected chi connectivity index (χ2v) is 3.40. The Morgan fingerprint density at radius 1 is 1.33 bits per heavy atom. The first-order valence-electron chi connectivity index (χ1n) is 4.55. The Labute approximate surface area is 75.0 Å². The van der Waals surface area contributed by atoms with Gasteiger partial charge in [-0.25, -0.2) is 0 Å². The van der Waals surface area contributed by atoms with Gasteiger partial charge < -0.3 is 10.2 Å². The molecule has 0 radical (unpaired) electrons. The van der Waals surface area contributed by atoms with Crippen LogP contribution in [0.4, 0.5) is 0 Å². The van der Waals surface area contributed by atoms with Crippen LogP contribution in [0.15, 0.2) is 12.3 Å². The summed E-state index contributed by atoms with van der Waals surface area (Å²) in [6.07, 6.45) is 4.33. The molecule has 12 heavy (non-hydrogen) atoms. The highest BCUT2D eigenvalue weighted by atomic mass is 15.2. The van der Waals surface area contributed by atoms with E-state index in [-0.39, 0.29) is 0 Å². The lowest BCUT2D eigenvalue weighted by Gasteiger charge is -2.25. The first-order valence-corrected chi connectivity index (χ1v) is 4.55. The molecule has 70 valence electrons. The quantitative estimate of drug-likeness (QED) is 0.640. The van der Waals surface area contributed by atoms with Crippen molar-refractivity contribution in [3.8, 4) is 0 Å². The predicted molar refractivity (Wildman–Crippen MR) is 52.1 cm³/mol. The lowest BCUT2D eigenvalue weighted by Crippen LogP contribution is -2.43. The zero-order valence-corrected chi connectivity index (χ0v) is 8.08. The van der Waals surface area contributed by atoms with Crippen LogP contribution in [-0.2, 0) is 0 Å². The van der Waals surface area contributed by atoms with E-state index in [4.69, 9.17) is 0 Å². The Morgan fingerprint density at radius 3 is 2.58 bits per heavy atom. The van der Waals surface area contributed by atoms with Gasteiger partial charge >= 0.3 is 0 Å². The van der Waals surface area contributed by atoms with E-state index in [0.29, 0.717) is 0 Å². The first-order chi connectivity index (χ1) is 5.79. The molecule has 0 aromatic rings. The van der Waals surface area contributed by atoms with Gasteiger partial charge in [-0.2, -0.15) is 0 Å². The number of hydrogen-bond acceptors (Lipinski definition) is 3. The zero-order chi connectivity index (χ0) is 8.81. The van der Waals surface area contributed by atoms with Gasteiger partial charge in [-0.3, -0.25) is 4.90 Å². The van der Waals surface area contributed by atoms with Gasteiger partial charge in [-0.15, -0.1) is 0 Å². The maximum Gasteiger partial charge on any atom is 0.0181 e. The monoisotopic (exact) mass is 169 g/mol. The third kappa shape index (κ3) is 3.74. The summed E-state index contributed by atoms with van der Waals surface area (Å²) in [7, 11) is 4.10. The fourth-order valence-electron chi connectivity index (χ4n) is 1.30. The number of nitrogens with zero attached hydrogens (tertiary/aromatic N) is 2. The molecule has 1 fully saturated rings. The van der Waals surface area contributed by atoms with Crippen molar-refractivity contribution in [2.24, 2.45) is 0 Å². The summed E-state index contributed by atoms with van der Waals surface area (Å²) in [5.74, 6) is 0. The lowest BCUT2D eigenvalue weighted by atomic mass is 10.3. The van der Waals surface area contributed by atoms with Gasteiger partial charge in [0.15, 0.2) is 0 Å². The average molecular weight is 169 g/mol. The summed E-state index contributed by atoms with van der Waals surface area (Å²) in [5.41, 5.74) is 0. The number of nitrogens with one attached hydrogen (secondary N) is 1. The molecule has 1 aliphatic rings. The topological polar surface area (TPSA) is 18.5 Å². The van der Waals surface area contributed by atoms with Crippen molar-refractivity contribution in [3.05, 3.63) is 12.3 Å². The largest absolute Gasteiger partial charge is 0.384 e. The molecule has 1 heterocycles. The minimum absolute atomic E-state index is 1.08. The van der Waals surface area contributed by atoms with E-state index in [1.807, 2.05) is 14.1 Å². The summed E-state index contributed by atoms with van der Waals surface area (Å²) >= 11 is 0. The van der Waals surface area contributed by atoms with Crippen molar-refractivity contribution in [1.82, 2.24) is 15.1 Å². The van der Waals surface area contributed by atoms with E-state index in [1.165, 1.54) is 13.1 Å². The Hall–Kier alpha value is -0.540. The normalized spacial score (nSPS) is 20.2. The molecule has 1 saturated heterocycles. The van der Waals surface area contributed by atoms with Gasteiger partial charge in [0.05, 0.1) is 0 Å². The third-order valence-electron chi connectivity index (χ3n) is 1.98. The number of piperazine rings is 1. The second kappa shape index (κ2) is 5.17. The van der Waals surface area contributed by atoms with Crippen molar-refractivity contribution in [3.63, 3.8) is 0 Å². The summed E-state index contributed by atoms with van der Waals surface area (Å²) in [5, 5.41) is 3.34. The fourth-order valence-corrected chi connectivity index (χ4v) is 1.30. The molecule has 1 aliphatic heterocycles. The summed E-state index contributed by atoms with van der Waals surface area (Å²) in [6, 6.07) is 0. The third-order valence-corrected chi connectivity index (χ3v) is 1.98. The van der Waals surface area contributed by atoms with Crippen molar-refractivity contribution < 1.29 is 0 Å². The number of rotatable bonds is 3. The van der Waals surface area contributed by atoms with Crippen molar-refractivity contribution >= 4 is 0 Å². The van der Waals surface area contributed by atoms with Gasteiger partial charge in [0.1, 0.15) is 0 Å². The number of hydrogen-bond donors (Lipinski definition) is 1. The lowest BCUT2D eigenvalue weighted by molar-refractivity contribution is 0.264. The van der Waals surface area contributed by atoms with Crippen LogP contribution in [0.2, 0.25) is 0 Å². The molecular formula is C9H19N3. The Kier molecular flexibility index (Phi) is 4.11. The highest BCUT2D eigenvalue weighted by molar-refractivity contribution is 4.84. The van der Waals surface area contributed by atoms with Gasteiger partial charge in [-0.1, -0.05) is 6.08 Å². The van der Waals surface area contributed by atoms with Crippen LogP contribution in [0.1, 0.15) is 0 Å². The van der Waals surface area contributed by atoms with Gasteiger partial charge in [-0.05, 0) is 6.20 Å². The van der Waals surface area contributed by atoms with E-state index in [1.54, 1.807) is 0 Å². The first kappa shape index (κ1) is 9.55. The molecule has 0 aliphatic carbocycles. The molecular weight excluding hydrogens is 150 g/mol. The van der Waals surface area contributed by atoms with Crippen LogP contribution < -0.4 is 5.32 Å². The van der Waals surface area contributed by atoms with Crippen LogP contribution in [0.25, 0.3) is 0 Å². The summed E-state index contributed by atoms with van der Waals surface area (Å²) in [6.45, 7) is 5.71. The second-order valence-electron chi connectivity index (χ2n) is 3.40. The molecule has 0 spiro atoms. The molecule has 3 heteroatoms. The smallest absolute Gasteiger partial charge is 0.0181 e. The van der Waals surface area contributed by atoms with Gasteiger partial charge in [0.25, 0.3) is 0 Å². The highest BCUT2D eigenvalue weighted by Gasteiger charge is 2.06. The Balaban J connectivity index is 2.12. The fraction of sp³-hybridized carbons (Fsp3) is 0.778. The van der Waals surface area contributed by atoms with E-state index in [0.717, 1.165) is 19.6 Å². The van der Waals surface area contributed by atoms with E-state index >= 15 is 0 Å². The molecule has 0 aromatic heterocycles. The van der Waals surface area contributed by atoms with Crippen molar-refractivity contribution in [2.75, 3.05) is 46.8 Å². The van der Waals surface area contributed by atoms with Crippen LogP contribution in [0.5, 0.6) is 0 Å². The highest BCUT2D eigenvalue weighted by Crippen LogP contribution is 1.92.